The van der Waals surface area contributed by atoms with Crippen molar-refractivity contribution in [1.82, 2.24) is 15.5 Å². The lowest BCUT2D eigenvalue weighted by molar-refractivity contribution is -0.137. The van der Waals surface area contributed by atoms with Crippen LogP contribution in [0.4, 0.5) is 4.79 Å². The van der Waals surface area contributed by atoms with Gasteiger partial charge in [0.2, 0.25) is 5.91 Å². The third-order valence-corrected chi connectivity index (χ3v) is 6.19. The number of hydrogen-bond donors (Lipinski definition) is 2. The molecular formula is C22H31N3O3. The zero-order valence-corrected chi connectivity index (χ0v) is 17.1. The van der Waals surface area contributed by atoms with Crippen LogP contribution in [0.1, 0.15) is 63.5 Å². The van der Waals surface area contributed by atoms with E-state index in [2.05, 4.69) is 48.7 Å². The fourth-order valence-electron chi connectivity index (χ4n) is 4.25. The maximum Gasteiger partial charge on any atom is 0.325 e. The zero-order chi connectivity index (χ0) is 20.3. The number of nitrogens with one attached hydrogen (secondary N) is 2. The Hall–Kier alpha value is -2.37. The van der Waals surface area contributed by atoms with Crippen LogP contribution in [0.3, 0.4) is 0 Å². The number of carbonyl (C=O) groups excluding carboxylic acids is 3. The number of hydrogen-bond acceptors (Lipinski definition) is 3. The van der Waals surface area contributed by atoms with Crippen molar-refractivity contribution in [2.45, 2.75) is 64.3 Å². The van der Waals surface area contributed by atoms with E-state index in [9.17, 15) is 14.4 Å². The summed E-state index contributed by atoms with van der Waals surface area (Å²) >= 11 is 0. The third kappa shape index (κ3) is 4.05. The Labute approximate surface area is 167 Å². The van der Waals surface area contributed by atoms with E-state index in [0.717, 1.165) is 29.7 Å². The summed E-state index contributed by atoms with van der Waals surface area (Å²) < 4.78 is 0. The number of carbonyl (C=O) groups is 3. The highest BCUT2D eigenvalue weighted by atomic mass is 16.2. The van der Waals surface area contributed by atoms with Gasteiger partial charge in [0.05, 0.1) is 0 Å². The molecule has 2 atom stereocenters. The minimum atomic E-state index is -0.812. The maximum atomic E-state index is 12.9. The maximum absolute atomic E-state index is 12.9. The second-order valence-electron chi connectivity index (χ2n) is 8.44. The van der Waals surface area contributed by atoms with Gasteiger partial charge >= 0.3 is 6.03 Å². The van der Waals surface area contributed by atoms with Gasteiger partial charge in [0.15, 0.2) is 0 Å². The Balaban J connectivity index is 1.50. The largest absolute Gasteiger partial charge is 0.354 e. The second-order valence-corrected chi connectivity index (χ2v) is 8.44. The standard InChI is InChI=1S/C22H31N3O3/c1-15(2)18-9-7-17(8-10-18)11-13-23-19(26)14-25-20(27)22(24-21(25)28)12-5-4-6-16(22)3/h7-10,15-16H,4-6,11-14H2,1-3H3,(H,23,26)(H,24,28)/t16-,22+/m0/s1. The number of amides is 4. The number of imide groups is 1. The second kappa shape index (κ2) is 8.33. The SMILES string of the molecule is CC(C)c1ccc(CCNC(=O)CN2C(=O)N[C@@]3(CCCC[C@@H]3C)C2=O)cc1. The molecule has 1 aliphatic carbocycles. The van der Waals surface area contributed by atoms with Gasteiger partial charge in [-0.1, -0.05) is 57.9 Å². The van der Waals surface area contributed by atoms with Crippen LogP contribution in [0.5, 0.6) is 0 Å². The van der Waals surface area contributed by atoms with Gasteiger partial charge in [-0.15, -0.1) is 0 Å². The lowest BCUT2D eigenvalue weighted by Gasteiger charge is -2.36. The van der Waals surface area contributed by atoms with Crippen LogP contribution < -0.4 is 10.6 Å². The van der Waals surface area contributed by atoms with E-state index in [1.807, 2.05) is 6.92 Å². The van der Waals surface area contributed by atoms with Gasteiger partial charge in [-0.2, -0.15) is 0 Å². The number of benzene rings is 1. The Kier molecular flexibility index (Phi) is 6.06. The molecular weight excluding hydrogens is 354 g/mol. The minimum Gasteiger partial charge on any atom is -0.354 e. The summed E-state index contributed by atoms with van der Waals surface area (Å²) in [5.41, 5.74) is 1.63. The van der Waals surface area contributed by atoms with E-state index < -0.39 is 11.6 Å². The molecule has 0 bridgehead atoms. The molecule has 1 aliphatic heterocycles. The van der Waals surface area contributed by atoms with Gasteiger partial charge in [-0.25, -0.2) is 4.79 Å². The average Bonchev–Trinajstić information content (AvgIpc) is 2.89. The molecule has 1 aromatic carbocycles. The molecule has 2 N–H and O–H groups in total. The highest BCUT2D eigenvalue weighted by molar-refractivity contribution is 6.09. The van der Waals surface area contributed by atoms with Crippen molar-refractivity contribution in [1.29, 1.82) is 0 Å². The van der Waals surface area contributed by atoms with Gasteiger partial charge < -0.3 is 10.6 Å². The predicted octanol–water partition coefficient (Wildman–Crippen LogP) is 2.97. The van der Waals surface area contributed by atoms with Crippen molar-refractivity contribution in [3.8, 4) is 0 Å². The average molecular weight is 386 g/mol. The molecule has 2 fully saturated rings. The molecule has 152 valence electrons. The molecule has 0 unspecified atom stereocenters. The molecule has 4 amide bonds. The fraction of sp³-hybridized carbons (Fsp3) is 0.591. The molecule has 28 heavy (non-hydrogen) atoms. The molecule has 6 nitrogen and oxygen atoms in total. The van der Waals surface area contributed by atoms with Crippen molar-refractivity contribution in [2.24, 2.45) is 5.92 Å². The Morgan fingerprint density at radius 2 is 1.96 bits per heavy atom. The molecule has 1 saturated heterocycles. The number of rotatable bonds is 6. The van der Waals surface area contributed by atoms with Crippen LogP contribution in [-0.4, -0.2) is 41.4 Å². The van der Waals surface area contributed by atoms with Crippen LogP contribution >= 0.6 is 0 Å². The summed E-state index contributed by atoms with van der Waals surface area (Å²) in [5, 5.41) is 5.70. The highest BCUT2D eigenvalue weighted by Crippen LogP contribution is 2.38. The summed E-state index contributed by atoms with van der Waals surface area (Å²) in [6.45, 7) is 6.58. The molecule has 1 saturated carbocycles. The number of urea groups is 1. The molecule has 6 heteroatoms. The normalized spacial score (nSPS) is 24.7. The van der Waals surface area contributed by atoms with Gasteiger partial charge in [-0.05, 0) is 42.2 Å². The van der Waals surface area contributed by atoms with E-state index >= 15 is 0 Å². The summed E-state index contributed by atoms with van der Waals surface area (Å²) in [6, 6.07) is 7.93. The van der Waals surface area contributed by atoms with Crippen LogP contribution in [0.25, 0.3) is 0 Å². The molecule has 1 aromatic rings. The summed E-state index contributed by atoms with van der Waals surface area (Å²) in [5.74, 6) is 0.0413. The van der Waals surface area contributed by atoms with Crippen LogP contribution in [0, 0.1) is 5.92 Å². The van der Waals surface area contributed by atoms with Crippen molar-refractivity contribution in [3.63, 3.8) is 0 Å². The van der Waals surface area contributed by atoms with Crippen molar-refractivity contribution >= 4 is 17.8 Å². The first-order valence-corrected chi connectivity index (χ1v) is 10.3. The summed E-state index contributed by atoms with van der Waals surface area (Å²) in [6.07, 6.45) is 4.28. The first-order chi connectivity index (χ1) is 13.3. The molecule has 1 spiro atoms. The van der Waals surface area contributed by atoms with Gasteiger partial charge in [0.1, 0.15) is 12.1 Å². The van der Waals surface area contributed by atoms with Crippen molar-refractivity contribution < 1.29 is 14.4 Å². The summed E-state index contributed by atoms with van der Waals surface area (Å²) in [4.78, 5) is 38.6. The number of nitrogens with zero attached hydrogens (tertiary/aromatic N) is 1. The van der Waals surface area contributed by atoms with E-state index in [-0.39, 0.29) is 24.3 Å². The topological polar surface area (TPSA) is 78.5 Å². The van der Waals surface area contributed by atoms with E-state index in [1.165, 1.54) is 5.56 Å². The molecule has 1 heterocycles. The highest BCUT2D eigenvalue weighted by Gasteiger charge is 2.55. The van der Waals surface area contributed by atoms with Crippen molar-refractivity contribution in [3.05, 3.63) is 35.4 Å². The molecule has 0 radical (unpaired) electrons. The Morgan fingerprint density at radius 3 is 2.61 bits per heavy atom. The third-order valence-electron chi connectivity index (χ3n) is 6.19. The quantitative estimate of drug-likeness (QED) is 0.739. The van der Waals surface area contributed by atoms with Crippen LogP contribution in [0.2, 0.25) is 0 Å². The predicted molar refractivity (Wildman–Crippen MR) is 108 cm³/mol. The molecule has 0 aromatic heterocycles. The fourth-order valence-corrected chi connectivity index (χ4v) is 4.25. The smallest absolute Gasteiger partial charge is 0.325 e. The first-order valence-electron chi connectivity index (χ1n) is 10.3. The monoisotopic (exact) mass is 385 g/mol. The Bertz CT molecular complexity index is 744. The minimum absolute atomic E-state index is 0.0968. The zero-order valence-electron chi connectivity index (χ0n) is 17.1. The van der Waals surface area contributed by atoms with E-state index in [0.29, 0.717) is 25.3 Å². The van der Waals surface area contributed by atoms with Crippen LogP contribution in [-0.2, 0) is 16.0 Å². The first kappa shape index (κ1) is 20.4. The van der Waals surface area contributed by atoms with E-state index in [1.54, 1.807) is 0 Å². The lowest BCUT2D eigenvalue weighted by atomic mass is 9.73. The molecule has 2 aliphatic rings. The van der Waals surface area contributed by atoms with Crippen LogP contribution in [0.15, 0.2) is 24.3 Å². The van der Waals surface area contributed by atoms with Crippen molar-refractivity contribution in [2.75, 3.05) is 13.1 Å². The van der Waals surface area contributed by atoms with Gasteiger partial charge in [0, 0.05) is 6.54 Å². The van der Waals surface area contributed by atoms with E-state index in [4.69, 9.17) is 0 Å². The van der Waals surface area contributed by atoms with Gasteiger partial charge in [-0.3, -0.25) is 14.5 Å². The Morgan fingerprint density at radius 1 is 1.25 bits per heavy atom. The van der Waals surface area contributed by atoms with Gasteiger partial charge in [0.25, 0.3) is 5.91 Å². The lowest BCUT2D eigenvalue weighted by Crippen LogP contribution is -2.54. The molecule has 3 rings (SSSR count). The summed E-state index contributed by atoms with van der Waals surface area (Å²) in [7, 11) is 0.